The van der Waals surface area contributed by atoms with E-state index in [1.54, 1.807) is 6.20 Å². The van der Waals surface area contributed by atoms with Crippen LogP contribution in [0.15, 0.2) is 42.7 Å². The lowest BCUT2D eigenvalue weighted by molar-refractivity contribution is 0.290. The SMILES string of the molecule is Cc1ccc(-c2cccnc2)cc1OCC1CN1CC1CC1. The van der Waals surface area contributed by atoms with Gasteiger partial charge in [-0.25, -0.2) is 0 Å². The Morgan fingerprint density at radius 2 is 2.14 bits per heavy atom. The molecule has 0 amide bonds. The molecular weight excluding hydrogens is 272 g/mol. The van der Waals surface area contributed by atoms with Crippen molar-refractivity contribution < 1.29 is 4.74 Å². The van der Waals surface area contributed by atoms with Crippen LogP contribution in [0.5, 0.6) is 5.75 Å². The van der Waals surface area contributed by atoms with Gasteiger partial charge in [0.05, 0.1) is 6.04 Å². The second-order valence-electron chi connectivity index (χ2n) is 6.58. The van der Waals surface area contributed by atoms with Gasteiger partial charge in [-0.2, -0.15) is 0 Å². The zero-order chi connectivity index (χ0) is 14.9. The average Bonchev–Trinajstić information content (AvgIpc) is 3.47. The quantitative estimate of drug-likeness (QED) is 0.762. The van der Waals surface area contributed by atoms with Gasteiger partial charge in [0.2, 0.25) is 0 Å². The molecule has 0 spiro atoms. The lowest BCUT2D eigenvalue weighted by Gasteiger charge is -2.11. The van der Waals surface area contributed by atoms with E-state index >= 15 is 0 Å². The summed E-state index contributed by atoms with van der Waals surface area (Å²) < 4.78 is 6.09. The van der Waals surface area contributed by atoms with Crippen molar-refractivity contribution in [1.82, 2.24) is 9.88 Å². The third-order valence-electron chi connectivity index (χ3n) is 4.63. The fourth-order valence-corrected chi connectivity index (χ4v) is 2.89. The van der Waals surface area contributed by atoms with Crippen molar-refractivity contribution in [2.24, 2.45) is 5.92 Å². The zero-order valence-corrected chi connectivity index (χ0v) is 13.0. The first kappa shape index (κ1) is 13.8. The molecule has 1 aliphatic heterocycles. The van der Waals surface area contributed by atoms with E-state index in [2.05, 4.69) is 41.1 Å². The number of hydrogen-bond donors (Lipinski definition) is 0. The fraction of sp³-hybridized carbons (Fsp3) is 0.421. The second-order valence-corrected chi connectivity index (χ2v) is 6.58. The lowest BCUT2D eigenvalue weighted by atomic mass is 10.1. The van der Waals surface area contributed by atoms with Gasteiger partial charge in [-0.3, -0.25) is 9.88 Å². The van der Waals surface area contributed by atoms with Gasteiger partial charge >= 0.3 is 0 Å². The molecule has 22 heavy (non-hydrogen) atoms. The van der Waals surface area contributed by atoms with Crippen molar-refractivity contribution in [2.45, 2.75) is 25.8 Å². The molecule has 3 heteroatoms. The van der Waals surface area contributed by atoms with E-state index in [4.69, 9.17) is 4.74 Å². The van der Waals surface area contributed by atoms with E-state index in [0.29, 0.717) is 6.04 Å². The number of pyridine rings is 1. The third kappa shape index (κ3) is 3.14. The maximum atomic E-state index is 6.09. The summed E-state index contributed by atoms with van der Waals surface area (Å²) in [4.78, 5) is 6.73. The number of rotatable bonds is 6. The Labute approximate surface area is 131 Å². The molecule has 1 saturated carbocycles. The van der Waals surface area contributed by atoms with Crippen molar-refractivity contribution in [3.05, 3.63) is 48.3 Å². The summed E-state index contributed by atoms with van der Waals surface area (Å²) in [6.07, 6.45) is 6.55. The molecule has 2 unspecified atom stereocenters. The van der Waals surface area contributed by atoms with Crippen LogP contribution in [0.2, 0.25) is 0 Å². The van der Waals surface area contributed by atoms with Crippen LogP contribution in [-0.4, -0.2) is 35.6 Å². The summed E-state index contributed by atoms with van der Waals surface area (Å²) in [5.74, 6) is 1.97. The van der Waals surface area contributed by atoms with Gasteiger partial charge in [-0.1, -0.05) is 18.2 Å². The van der Waals surface area contributed by atoms with Gasteiger partial charge in [0, 0.05) is 31.0 Å². The number of aryl methyl sites for hydroxylation is 1. The molecule has 2 heterocycles. The molecule has 2 atom stereocenters. The van der Waals surface area contributed by atoms with Crippen LogP contribution >= 0.6 is 0 Å². The van der Waals surface area contributed by atoms with Crippen LogP contribution in [0.25, 0.3) is 11.1 Å². The summed E-state index contributed by atoms with van der Waals surface area (Å²) in [7, 11) is 0. The topological polar surface area (TPSA) is 25.1 Å². The molecule has 2 aromatic rings. The summed E-state index contributed by atoms with van der Waals surface area (Å²) in [6, 6.07) is 11.1. The number of hydrogen-bond acceptors (Lipinski definition) is 3. The highest BCUT2D eigenvalue weighted by molar-refractivity contribution is 5.65. The van der Waals surface area contributed by atoms with E-state index in [9.17, 15) is 0 Å². The number of ether oxygens (including phenoxy) is 1. The molecule has 1 aliphatic carbocycles. The summed E-state index contributed by atoms with van der Waals surface area (Å²) in [6.45, 7) is 5.40. The first-order valence-corrected chi connectivity index (χ1v) is 8.17. The predicted molar refractivity (Wildman–Crippen MR) is 88.0 cm³/mol. The van der Waals surface area contributed by atoms with Crippen molar-refractivity contribution in [3.63, 3.8) is 0 Å². The lowest BCUT2D eigenvalue weighted by Crippen LogP contribution is -2.13. The minimum atomic E-state index is 0.627. The summed E-state index contributed by atoms with van der Waals surface area (Å²) in [5, 5.41) is 0. The van der Waals surface area contributed by atoms with Crippen molar-refractivity contribution >= 4 is 0 Å². The summed E-state index contributed by atoms with van der Waals surface area (Å²) >= 11 is 0. The highest BCUT2D eigenvalue weighted by Gasteiger charge is 2.38. The van der Waals surface area contributed by atoms with E-state index in [1.165, 1.54) is 37.1 Å². The van der Waals surface area contributed by atoms with Gasteiger partial charge in [-0.15, -0.1) is 0 Å². The van der Waals surface area contributed by atoms with Crippen LogP contribution in [0.4, 0.5) is 0 Å². The molecular formula is C19H22N2O. The minimum Gasteiger partial charge on any atom is -0.492 e. The number of nitrogens with zero attached hydrogens (tertiary/aromatic N) is 2. The Morgan fingerprint density at radius 1 is 1.23 bits per heavy atom. The van der Waals surface area contributed by atoms with Crippen molar-refractivity contribution in [3.8, 4) is 16.9 Å². The van der Waals surface area contributed by atoms with Gasteiger partial charge in [0.25, 0.3) is 0 Å². The van der Waals surface area contributed by atoms with Crippen LogP contribution in [0.1, 0.15) is 18.4 Å². The van der Waals surface area contributed by atoms with Crippen LogP contribution in [0.3, 0.4) is 0 Å². The predicted octanol–water partition coefficient (Wildman–Crippen LogP) is 3.53. The Kier molecular flexibility index (Phi) is 3.59. The van der Waals surface area contributed by atoms with Crippen LogP contribution in [0, 0.1) is 12.8 Å². The molecule has 2 aliphatic rings. The van der Waals surface area contributed by atoms with Crippen molar-refractivity contribution in [2.75, 3.05) is 19.7 Å². The van der Waals surface area contributed by atoms with Crippen molar-refractivity contribution in [1.29, 1.82) is 0 Å². The van der Waals surface area contributed by atoms with Gasteiger partial charge in [0.15, 0.2) is 0 Å². The molecule has 0 radical (unpaired) electrons. The maximum Gasteiger partial charge on any atom is 0.122 e. The normalized spacial score (nSPS) is 23.3. The van der Waals surface area contributed by atoms with Gasteiger partial charge in [-0.05, 0) is 48.9 Å². The van der Waals surface area contributed by atoms with E-state index in [1.807, 2.05) is 12.3 Å². The molecule has 1 aromatic heterocycles. The Balaban J connectivity index is 1.40. The number of aromatic nitrogens is 1. The zero-order valence-electron chi connectivity index (χ0n) is 13.0. The number of benzene rings is 1. The maximum absolute atomic E-state index is 6.09. The van der Waals surface area contributed by atoms with Gasteiger partial charge in [0.1, 0.15) is 12.4 Å². The molecule has 1 aromatic carbocycles. The summed E-state index contributed by atoms with van der Waals surface area (Å²) in [5.41, 5.74) is 3.50. The van der Waals surface area contributed by atoms with Gasteiger partial charge < -0.3 is 4.74 Å². The fourth-order valence-electron chi connectivity index (χ4n) is 2.89. The first-order valence-electron chi connectivity index (χ1n) is 8.17. The molecule has 114 valence electrons. The largest absolute Gasteiger partial charge is 0.492 e. The standard InChI is InChI=1S/C19H22N2O/c1-14-4-7-16(17-3-2-8-20-10-17)9-19(14)22-13-18-12-21(18)11-15-5-6-15/h2-4,7-10,15,18H,5-6,11-13H2,1H3. The second kappa shape index (κ2) is 5.73. The van der Waals surface area contributed by atoms with E-state index < -0.39 is 0 Å². The first-order chi connectivity index (χ1) is 10.8. The monoisotopic (exact) mass is 294 g/mol. The van der Waals surface area contributed by atoms with E-state index in [-0.39, 0.29) is 0 Å². The molecule has 4 rings (SSSR count). The Bertz CT molecular complexity index is 652. The minimum absolute atomic E-state index is 0.627. The van der Waals surface area contributed by atoms with E-state index in [0.717, 1.165) is 23.8 Å². The highest BCUT2D eigenvalue weighted by atomic mass is 16.5. The highest BCUT2D eigenvalue weighted by Crippen LogP contribution is 2.34. The van der Waals surface area contributed by atoms with Crippen LogP contribution in [-0.2, 0) is 0 Å². The molecule has 1 saturated heterocycles. The Hall–Kier alpha value is -1.87. The molecule has 2 fully saturated rings. The molecule has 0 bridgehead atoms. The van der Waals surface area contributed by atoms with Crippen LogP contribution < -0.4 is 4.74 Å². The smallest absolute Gasteiger partial charge is 0.122 e. The third-order valence-corrected chi connectivity index (χ3v) is 4.63. The molecule has 3 nitrogen and oxygen atoms in total. The molecule has 0 N–H and O–H groups in total. The Morgan fingerprint density at radius 3 is 2.91 bits per heavy atom. The average molecular weight is 294 g/mol.